The lowest BCUT2D eigenvalue weighted by molar-refractivity contribution is -0.137. The number of ether oxygens (including phenoxy) is 1. The molecule has 8 nitrogen and oxygen atoms in total. The Morgan fingerprint density at radius 2 is 1.75 bits per heavy atom. The van der Waals surface area contributed by atoms with Crippen LogP contribution in [0.15, 0.2) is 36.7 Å². The van der Waals surface area contributed by atoms with Crippen molar-refractivity contribution in [2.75, 3.05) is 23.1 Å². The first-order valence-corrected chi connectivity index (χ1v) is 9.44. The number of rotatable bonds is 6. The molecule has 0 spiro atoms. The lowest BCUT2D eigenvalue weighted by Crippen LogP contribution is -2.14. The lowest BCUT2D eigenvalue weighted by Gasteiger charge is -2.17. The monoisotopic (exact) mass is 446 g/mol. The highest BCUT2D eigenvalue weighted by Crippen LogP contribution is 2.37. The van der Waals surface area contributed by atoms with E-state index in [0.29, 0.717) is 23.5 Å². The van der Waals surface area contributed by atoms with E-state index >= 15 is 0 Å². The van der Waals surface area contributed by atoms with E-state index in [1.165, 1.54) is 14.0 Å². The zero-order valence-corrected chi connectivity index (χ0v) is 17.8. The summed E-state index contributed by atoms with van der Waals surface area (Å²) < 4.78 is 45.9. The highest BCUT2D eigenvalue weighted by Gasteiger charge is 2.35. The minimum absolute atomic E-state index is 0.0648. The van der Waals surface area contributed by atoms with Gasteiger partial charge in [0.25, 0.3) is 0 Å². The van der Waals surface area contributed by atoms with Gasteiger partial charge < -0.3 is 20.7 Å². The molecule has 2 aromatic heterocycles. The maximum Gasteiger partial charge on any atom is 0.421 e. The van der Waals surface area contributed by atoms with Gasteiger partial charge in [0.05, 0.1) is 24.2 Å². The van der Waals surface area contributed by atoms with Crippen molar-refractivity contribution in [3.63, 3.8) is 0 Å². The molecular weight excluding hydrogens is 425 g/mol. The van der Waals surface area contributed by atoms with Crippen LogP contribution in [0.1, 0.15) is 23.6 Å². The average Bonchev–Trinajstić information content (AvgIpc) is 2.70. The largest absolute Gasteiger partial charge is 0.481 e. The summed E-state index contributed by atoms with van der Waals surface area (Å²) in [5, 5.41) is 8.17. The fraction of sp³-hybridized carbons (Fsp3) is 0.238. The third-order valence-corrected chi connectivity index (χ3v) is 4.37. The number of carbonyl (C=O) groups is 1. The van der Waals surface area contributed by atoms with Crippen LogP contribution in [0.4, 0.5) is 42.0 Å². The van der Waals surface area contributed by atoms with Crippen LogP contribution in [0.5, 0.6) is 5.88 Å². The molecule has 3 aromatic rings. The summed E-state index contributed by atoms with van der Waals surface area (Å²) in [6.45, 7) is 4.88. The SMILES string of the molecule is COc1cc(Nc2ncc(C(F)(F)F)c(Nc3ccc(C)cc3NC(C)=O)n2)c(C)cn1. The molecule has 0 saturated carbocycles. The Labute approximate surface area is 182 Å². The molecule has 168 valence electrons. The number of pyridine rings is 1. The number of hydrogen-bond donors (Lipinski definition) is 3. The standard InChI is InChI=1S/C21H21F3N6O2/c1-11-5-6-15(17(7-11)27-13(3)31)28-19-14(21(22,23)24)10-26-20(30-19)29-16-8-18(32-4)25-9-12(16)2/h5-10H,1-4H3,(H,27,31)(H2,25,26,28,29,30). The van der Waals surface area contributed by atoms with Crippen molar-refractivity contribution in [2.24, 2.45) is 0 Å². The van der Waals surface area contributed by atoms with E-state index in [-0.39, 0.29) is 17.5 Å². The van der Waals surface area contributed by atoms with Crippen LogP contribution >= 0.6 is 0 Å². The summed E-state index contributed by atoms with van der Waals surface area (Å²) in [7, 11) is 1.45. The molecule has 0 radical (unpaired) electrons. The van der Waals surface area contributed by atoms with Crippen LogP contribution in [0, 0.1) is 13.8 Å². The van der Waals surface area contributed by atoms with Crippen molar-refractivity contribution >= 4 is 34.7 Å². The number of carbonyl (C=O) groups excluding carboxylic acids is 1. The van der Waals surface area contributed by atoms with E-state index in [0.717, 1.165) is 11.1 Å². The predicted molar refractivity (Wildman–Crippen MR) is 115 cm³/mol. The topological polar surface area (TPSA) is 101 Å². The summed E-state index contributed by atoms with van der Waals surface area (Å²) >= 11 is 0. The van der Waals surface area contributed by atoms with Gasteiger partial charge in [0.1, 0.15) is 11.4 Å². The van der Waals surface area contributed by atoms with E-state index < -0.39 is 17.6 Å². The average molecular weight is 446 g/mol. The van der Waals surface area contributed by atoms with Crippen LogP contribution in [0.3, 0.4) is 0 Å². The second-order valence-corrected chi connectivity index (χ2v) is 6.98. The predicted octanol–water partition coefficient (Wildman–Crippen LogP) is 4.96. The molecule has 0 aliphatic rings. The van der Waals surface area contributed by atoms with E-state index in [2.05, 4.69) is 30.9 Å². The van der Waals surface area contributed by atoms with Crippen molar-refractivity contribution in [1.29, 1.82) is 0 Å². The van der Waals surface area contributed by atoms with Gasteiger partial charge in [-0.25, -0.2) is 9.97 Å². The van der Waals surface area contributed by atoms with Crippen molar-refractivity contribution in [3.8, 4) is 5.88 Å². The first-order chi connectivity index (χ1) is 15.1. The lowest BCUT2D eigenvalue weighted by atomic mass is 10.1. The number of alkyl halides is 3. The van der Waals surface area contributed by atoms with E-state index in [1.54, 1.807) is 44.3 Å². The Morgan fingerprint density at radius 1 is 1.00 bits per heavy atom. The van der Waals surface area contributed by atoms with Gasteiger partial charge in [-0.15, -0.1) is 0 Å². The molecule has 0 fully saturated rings. The number of aryl methyl sites for hydroxylation is 2. The van der Waals surface area contributed by atoms with Gasteiger partial charge in [-0.2, -0.15) is 18.2 Å². The molecule has 0 aliphatic carbocycles. The van der Waals surface area contributed by atoms with Crippen molar-refractivity contribution < 1.29 is 22.7 Å². The van der Waals surface area contributed by atoms with Crippen molar-refractivity contribution in [2.45, 2.75) is 26.9 Å². The highest BCUT2D eigenvalue weighted by molar-refractivity contribution is 5.93. The summed E-state index contributed by atoms with van der Waals surface area (Å²) in [5.41, 5.74) is 1.59. The molecule has 11 heteroatoms. The minimum Gasteiger partial charge on any atom is -0.481 e. The third-order valence-electron chi connectivity index (χ3n) is 4.37. The van der Waals surface area contributed by atoms with Crippen LogP contribution in [-0.2, 0) is 11.0 Å². The smallest absolute Gasteiger partial charge is 0.421 e. The molecule has 3 rings (SSSR count). The molecule has 1 aromatic carbocycles. The number of anilines is 5. The molecule has 0 saturated heterocycles. The molecule has 2 heterocycles. The second kappa shape index (κ2) is 9.08. The van der Waals surface area contributed by atoms with E-state index in [1.807, 2.05) is 0 Å². The van der Waals surface area contributed by atoms with Gasteiger partial charge in [0.15, 0.2) is 0 Å². The van der Waals surface area contributed by atoms with Crippen LogP contribution in [-0.4, -0.2) is 28.0 Å². The van der Waals surface area contributed by atoms with Gasteiger partial charge >= 0.3 is 6.18 Å². The highest BCUT2D eigenvalue weighted by atomic mass is 19.4. The number of aromatic nitrogens is 3. The van der Waals surface area contributed by atoms with Gasteiger partial charge in [-0.3, -0.25) is 4.79 Å². The van der Waals surface area contributed by atoms with Crippen LogP contribution in [0.2, 0.25) is 0 Å². The number of hydrogen-bond acceptors (Lipinski definition) is 7. The number of halogens is 3. The van der Waals surface area contributed by atoms with Gasteiger partial charge in [0.2, 0.25) is 17.7 Å². The fourth-order valence-corrected chi connectivity index (χ4v) is 2.80. The van der Waals surface area contributed by atoms with Crippen molar-refractivity contribution in [3.05, 3.63) is 53.3 Å². The molecule has 3 N–H and O–H groups in total. The Kier molecular flexibility index (Phi) is 6.47. The Morgan fingerprint density at radius 3 is 2.41 bits per heavy atom. The first kappa shape index (κ1) is 22.8. The number of nitrogens with zero attached hydrogens (tertiary/aromatic N) is 3. The molecule has 0 bridgehead atoms. The van der Waals surface area contributed by atoms with Crippen molar-refractivity contribution in [1.82, 2.24) is 15.0 Å². The number of methoxy groups -OCH3 is 1. The maximum atomic E-state index is 13.6. The molecule has 0 unspecified atom stereocenters. The third kappa shape index (κ3) is 5.42. The first-order valence-electron chi connectivity index (χ1n) is 9.44. The number of nitrogens with one attached hydrogen (secondary N) is 3. The fourth-order valence-electron chi connectivity index (χ4n) is 2.80. The number of benzene rings is 1. The summed E-state index contributed by atoms with van der Waals surface area (Å²) in [6.07, 6.45) is -2.45. The van der Waals surface area contributed by atoms with Gasteiger partial charge in [-0.1, -0.05) is 6.07 Å². The normalized spacial score (nSPS) is 11.1. The Hall–Kier alpha value is -3.89. The maximum absolute atomic E-state index is 13.6. The quantitative estimate of drug-likeness (QED) is 0.492. The number of amides is 1. The summed E-state index contributed by atoms with van der Waals surface area (Å²) in [4.78, 5) is 23.4. The van der Waals surface area contributed by atoms with E-state index in [9.17, 15) is 18.0 Å². The van der Waals surface area contributed by atoms with Gasteiger partial charge in [0, 0.05) is 25.4 Å². The Bertz CT molecular complexity index is 1150. The molecule has 32 heavy (non-hydrogen) atoms. The summed E-state index contributed by atoms with van der Waals surface area (Å²) in [5.74, 6) is -0.570. The van der Waals surface area contributed by atoms with Gasteiger partial charge in [-0.05, 0) is 37.1 Å². The molecule has 0 aliphatic heterocycles. The molecule has 0 atom stereocenters. The second-order valence-electron chi connectivity index (χ2n) is 6.98. The van der Waals surface area contributed by atoms with E-state index in [4.69, 9.17) is 4.74 Å². The Balaban J connectivity index is 2.02. The molecule has 1 amide bonds. The summed E-state index contributed by atoms with van der Waals surface area (Å²) in [6, 6.07) is 6.49. The zero-order valence-electron chi connectivity index (χ0n) is 17.8. The zero-order chi connectivity index (χ0) is 23.5. The molecular formula is C21H21F3N6O2. The minimum atomic E-state index is -4.70. The van der Waals surface area contributed by atoms with Crippen LogP contribution < -0.4 is 20.7 Å². The van der Waals surface area contributed by atoms with Crippen LogP contribution in [0.25, 0.3) is 0 Å².